The maximum atomic E-state index is 12.9. The van der Waals surface area contributed by atoms with Crippen LogP contribution in [0.25, 0.3) is 10.8 Å². The first kappa shape index (κ1) is 20.3. The van der Waals surface area contributed by atoms with Crippen molar-refractivity contribution in [2.24, 2.45) is 0 Å². The normalized spacial score (nSPS) is 12.7. The van der Waals surface area contributed by atoms with Crippen molar-refractivity contribution in [3.05, 3.63) is 77.4 Å². The number of anilines is 1. The summed E-state index contributed by atoms with van der Waals surface area (Å²) in [5, 5.41) is 4.20. The SMILES string of the molecule is CCOC(=O)c1ccc(NC(=O)CCN2C(=O)c3cccc4cccc(c34)C2=O)cc1. The Kier molecular flexibility index (Phi) is 5.49. The van der Waals surface area contributed by atoms with Crippen molar-refractivity contribution in [3.8, 4) is 0 Å². The highest BCUT2D eigenvalue weighted by Gasteiger charge is 2.32. The zero-order chi connectivity index (χ0) is 22.0. The van der Waals surface area contributed by atoms with Crippen LogP contribution < -0.4 is 5.32 Å². The van der Waals surface area contributed by atoms with Gasteiger partial charge in [0.1, 0.15) is 0 Å². The largest absolute Gasteiger partial charge is 0.462 e. The molecule has 0 radical (unpaired) electrons. The molecule has 3 aromatic rings. The van der Waals surface area contributed by atoms with Gasteiger partial charge in [-0.25, -0.2) is 4.79 Å². The van der Waals surface area contributed by atoms with E-state index in [1.165, 1.54) is 0 Å². The quantitative estimate of drug-likeness (QED) is 0.489. The topological polar surface area (TPSA) is 92.8 Å². The second kappa shape index (κ2) is 8.39. The Morgan fingerprint density at radius 3 is 2.10 bits per heavy atom. The van der Waals surface area contributed by atoms with Crippen molar-refractivity contribution in [2.45, 2.75) is 13.3 Å². The second-order valence-corrected chi connectivity index (χ2v) is 7.07. The molecule has 3 amide bonds. The van der Waals surface area contributed by atoms with E-state index in [1.807, 2.05) is 12.1 Å². The maximum Gasteiger partial charge on any atom is 0.338 e. The smallest absolute Gasteiger partial charge is 0.338 e. The van der Waals surface area contributed by atoms with Gasteiger partial charge in [0.2, 0.25) is 5.91 Å². The van der Waals surface area contributed by atoms with Gasteiger partial charge in [0.25, 0.3) is 11.8 Å². The van der Waals surface area contributed by atoms with Gasteiger partial charge in [0.05, 0.1) is 12.2 Å². The Morgan fingerprint density at radius 2 is 1.52 bits per heavy atom. The zero-order valence-electron chi connectivity index (χ0n) is 16.9. The van der Waals surface area contributed by atoms with Gasteiger partial charge in [0.15, 0.2) is 0 Å². The molecule has 1 aliphatic rings. The molecule has 0 aromatic heterocycles. The molecule has 7 heteroatoms. The van der Waals surface area contributed by atoms with Crippen LogP contribution in [0.2, 0.25) is 0 Å². The summed E-state index contributed by atoms with van der Waals surface area (Å²) in [5.41, 5.74) is 1.81. The molecule has 1 heterocycles. The molecule has 156 valence electrons. The fourth-order valence-electron chi connectivity index (χ4n) is 3.62. The third kappa shape index (κ3) is 3.90. The molecule has 0 bridgehead atoms. The maximum absolute atomic E-state index is 12.9. The molecule has 4 rings (SSSR count). The van der Waals surface area contributed by atoms with Gasteiger partial charge in [-0.2, -0.15) is 0 Å². The minimum atomic E-state index is -0.433. The van der Waals surface area contributed by atoms with Gasteiger partial charge in [-0.15, -0.1) is 0 Å². The number of nitrogens with zero attached hydrogens (tertiary/aromatic N) is 1. The molecule has 0 atom stereocenters. The van der Waals surface area contributed by atoms with Crippen LogP contribution in [0.15, 0.2) is 60.7 Å². The van der Waals surface area contributed by atoms with Crippen molar-refractivity contribution in [1.29, 1.82) is 0 Å². The van der Waals surface area contributed by atoms with Crippen LogP contribution in [0.5, 0.6) is 0 Å². The predicted octanol–water partition coefficient (Wildman–Crippen LogP) is 3.64. The number of hydrogen-bond donors (Lipinski definition) is 1. The number of benzene rings is 3. The molecule has 3 aromatic carbocycles. The molecule has 0 spiro atoms. The van der Waals surface area contributed by atoms with E-state index in [9.17, 15) is 19.2 Å². The third-order valence-electron chi connectivity index (χ3n) is 5.10. The summed E-state index contributed by atoms with van der Waals surface area (Å²) in [6.45, 7) is 1.97. The van der Waals surface area contributed by atoms with E-state index in [0.717, 1.165) is 10.3 Å². The lowest BCUT2D eigenvalue weighted by Gasteiger charge is -2.27. The first-order chi connectivity index (χ1) is 15.0. The standard InChI is InChI=1S/C24H20N2O5/c1-2-31-24(30)16-9-11-17(12-10-16)25-20(27)13-14-26-22(28)18-7-3-5-15-6-4-8-19(21(15)18)23(26)29/h3-12H,2,13-14H2,1H3,(H,25,27). The van der Waals surface area contributed by atoms with E-state index >= 15 is 0 Å². The molecule has 0 aliphatic carbocycles. The number of ether oxygens (including phenoxy) is 1. The van der Waals surface area contributed by atoms with Gasteiger partial charge in [0, 0.05) is 35.2 Å². The Labute approximate surface area is 178 Å². The molecular formula is C24H20N2O5. The predicted molar refractivity (Wildman–Crippen MR) is 115 cm³/mol. The van der Waals surface area contributed by atoms with Crippen molar-refractivity contribution in [3.63, 3.8) is 0 Å². The highest BCUT2D eigenvalue weighted by atomic mass is 16.5. The lowest BCUT2D eigenvalue weighted by Crippen LogP contribution is -2.41. The van der Waals surface area contributed by atoms with Crippen LogP contribution in [0, 0.1) is 0 Å². The zero-order valence-corrected chi connectivity index (χ0v) is 16.9. The lowest BCUT2D eigenvalue weighted by molar-refractivity contribution is -0.116. The summed E-state index contributed by atoms with van der Waals surface area (Å²) >= 11 is 0. The van der Waals surface area contributed by atoms with E-state index in [2.05, 4.69) is 5.32 Å². The molecule has 7 nitrogen and oxygen atoms in total. The summed E-state index contributed by atoms with van der Waals surface area (Å²) in [5.74, 6) is -1.58. The monoisotopic (exact) mass is 416 g/mol. The molecular weight excluding hydrogens is 396 g/mol. The Morgan fingerprint density at radius 1 is 0.903 bits per heavy atom. The average Bonchev–Trinajstić information content (AvgIpc) is 2.78. The molecule has 1 N–H and O–H groups in total. The number of imide groups is 1. The number of carbonyl (C=O) groups excluding carboxylic acids is 4. The van der Waals surface area contributed by atoms with Crippen molar-refractivity contribution in [1.82, 2.24) is 4.90 Å². The van der Waals surface area contributed by atoms with Gasteiger partial charge >= 0.3 is 5.97 Å². The average molecular weight is 416 g/mol. The van der Waals surface area contributed by atoms with Gasteiger partial charge in [-0.05, 0) is 48.7 Å². The van der Waals surface area contributed by atoms with Crippen LogP contribution in [-0.2, 0) is 9.53 Å². The Balaban J connectivity index is 1.42. The number of amides is 3. The first-order valence-corrected chi connectivity index (χ1v) is 9.94. The Hall–Kier alpha value is -4.00. The van der Waals surface area contributed by atoms with E-state index in [1.54, 1.807) is 55.5 Å². The molecule has 0 saturated heterocycles. The van der Waals surface area contributed by atoms with Crippen LogP contribution in [0.1, 0.15) is 44.4 Å². The van der Waals surface area contributed by atoms with E-state index < -0.39 is 17.8 Å². The molecule has 0 saturated carbocycles. The Bertz CT molecular complexity index is 1150. The van der Waals surface area contributed by atoms with E-state index in [0.29, 0.717) is 27.8 Å². The molecule has 0 unspecified atom stereocenters. The summed E-state index contributed by atoms with van der Waals surface area (Å²) < 4.78 is 4.92. The molecule has 31 heavy (non-hydrogen) atoms. The van der Waals surface area contributed by atoms with Crippen LogP contribution in [0.4, 0.5) is 5.69 Å². The fraction of sp³-hybridized carbons (Fsp3) is 0.167. The third-order valence-corrected chi connectivity index (χ3v) is 5.10. The van der Waals surface area contributed by atoms with E-state index in [4.69, 9.17) is 4.74 Å². The number of carbonyl (C=O) groups is 4. The highest BCUT2D eigenvalue weighted by Crippen LogP contribution is 2.30. The number of nitrogens with one attached hydrogen (secondary N) is 1. The molecule has 1 aliphatic heterocycles. The van der Waals surface area contributed by atoms with Crippen LogP contribution >= 0.6 is 0 Å². The van der Waals surface area contributed by atoms with Gasteiger partial charge in [-0.3, -0.25) is 19.3 Å². The number of esters is 1. The van der Waals surface area contributed by atoms with E-state index in [-0.39, 0.29) is 25.5 Å². The summed E-state index contributed by atoms with van der Waals surface area (Å²) in [6.07, 6.45) is -0.0464. The fourth-order valence-corrected chi connectivity index (χ4v) is 3.62. The van der Waals surface area contributed by atoms with Crippen molar-refractivity contribution >= 4 is 40.2 Å². The number of hydrogen-bond acceptors (Lipinski definition) is 5. The molecule has 0 fully saturated rings. The van der Waals surface area contributed by atoms with Gasteiger partial charge in [-0.1, -0.05) is 24.3 Å². The number of rotatable bonds is 6. The highest BCUT2D eigenvalue weighted by molar-refractivity contribution is 6.25. The first-order valence-electron chi connectivity index (χ1n) is 9.94. The summed E-state index contributed by atoms with van der Waals surface area (Å²) in [6, 6.07) is 17.0. The minimum Gasteiger partial charge on any atom is -0.462 e. The summed E-state index contributed by atoms with van der Waals surface area (Å²) in [7, 11) is 0. The summed E-state index contributed by atoms with van der Waals surface area (Å²) in [4.78, 5) is 50.9. The minimum absolute atomic E-state index is 0.0326. The van der Waals surface area contributed by atoms with Gasteiger partial charge < -0.3 is 10.1 Å². The van der Waals surface area contributed by atoms with Crippen molar-refractivity contribution in [2.75, 3.05) is 18.5 Å². The lowest BCUT2D eigenvalue weighted by atomic mass is 9.94. The second-order valence-electron chi connectivity index (χ2n) is 7.07. The van der Waals surface area contributed by atoms with Crippen LogP contribution in [-0.4, -0.2) is 41.7 Å². The van der Waals surface area contributed by atoms with Crippen molar-refractivity contribution < 1.29 is 23.9 Å². The van der Waals surface area contributed by atoms with Crippen LogP contribution in [0.3, 0.4) is 0 Å².